The molecule has 0 saturated carbocycles. The van der Waals surface area contributed by atoms with Crippen molar-refractivity contribution in [2.24, 2.45) is 5.73 Å². The van der Waals surface area contributed by atoms with Gasteiger partial charge in [0.15, 0.2) is 5.82 Å². The Labute approximate surface area is 244 Å². The summed E-state index contributed by atoms with van der Waals surface area (Å²) in [6.07, 6.45) is 6.16. The summed E-state index contributed by atoms with van der Waals surface area (Å²) in [4.78, 5) is 33.5. The molecule has 42 heavy (non-hydrogen) atoms. The molecule has 0 radical (unpaired) electrons. The molecule has 2 amide bonds. The first-order chi connectivity index (χ1) is 20.4. The van der Waals surface area contributed by atoms with E-state index in [2.05, 4.69) is 27.3 Å². The van der Waals surface area contributed by atoms with Crippen molar-refractivity contribution in [3.8, 4) is 17.1 Å². The van der Waals surface area contributed by atoms with Gasteiger partial charge in [0.1, 0.15) is 0 Å². The number of hydrogen-bond donors (Lipinski definition) is 2. The van der Waals surface area contributed by atoms with Gasteiger partial charge in [0.05, 0.1) is 30.5 Å². The second-order valence-electron chi connectivity index (χ2n) is 10.7. The molecule has 0 spiro atoms. The molecular weight excluding hydrogens is 532 g/mol. The summed E-state index contributed by atoms with van der Waals surface area (Å²) in [5.41, 5.74) is 10.7. The Kier molecular flexibility index (Phi) is 7.73. The monoisotopic (exact) mass is 566 g/mol. The molecule has 0 aliphatic carbocycles. The second-order valence-corrected chi connectivity index (χ2v) is 10.7. The number of rotatable bonds is 9. The summed E-state index contributed by atoms with van der Waals surface area (Å²) >= 11 is 0. The van der Waals surface area contributed by atoms with Crippen LogP contribution in [-0.4, -0.2) is 64.7 Å². The van der Waals surface area contributed by atoms with Gasteiger partial charge in [-0.1, -0.05) is 42.5 Å². The third-order valence-corrected chi connectivity index (χ3v) is 7.77. The van der Waals surface area contributed by atoms with E-state index in [0.717, 1.165) is 35.5 Å². The van der Waals surface area contributed by atoms with Crippen molar-refractivity contribution >= 4 is 17.5 Å². The highest BCUT2D eigenvalue weighted by Gasteiger charge is 2.51. The predicted octanol–water partition coefficient (Wildman–Crippen LogP) is 3.41. The van der Waals surface area contributed by atoms with E-state index in [-0.39, 0.29) is 19.6 Å². The fourth-order valence-corrected chi connectivity index (χ4v) is 5.65. The number of aryl methyl sites for hydroxylation is 1. The number of carbonyl (C=O) groups excluding carboxylic acids is 2. The molecule has 3 N–H and O–H groups in total. The van der Waals surface area contributed by atoms with Crippen LogP contribution in [0, 0.1) is 6.92 Å². The zero-order chi connectivity index (χ0) is 29.1. The van der Waals surface area contributed by atoms with Crippen molar-refractivity contribution < 1.29 is 19.1 Å². The molecule has 2 aromatic heterocycles. The van der Waals surface area contributed by atoms with Crippen LogP contribution in [0.2, 0.25) is 0 Å². The van der Waals surface area contributed by atoms with Gasteiger partial charge in [-0.15, -0.1) is 0 Å². The Bertz CT molecular complexity index is 1570. The van der Waals surface area contributed by atoms with Crippen LogP contribution in [0.4, 0.5) is 5.69 Å². The molecule has 10 heteroatoms. The number of pyridine rings is 1. The number of nitrogens with two attached hydrogens (primary N) is 1. The van der Waals surface area contributed by atoms with Crippen molar-refractivity contribution in [1.29, 1.82) is 0 Å². The summed E-state index contributed by atoms with van der Waals surface area (Å²) in [7, 11) is 0. The maximum atomic E-state index is 13.9. The fraction of sp³-hybridized carbons (Fsp3) is 0.312. The largest absolute Gasteiger partial charge is 0.372 e. The Morgan fingerprint density at radius 1 is 1.02 bits per heavy atom. The summed E-state index contributed by atoms with van der Waals surface area (Å²) < 4.78 is 13.1. The van der Waals surface area contributed by atoms with E-state index in [9.17, 15) is 9.59 Å². The lowest BCUT2D eigenvalue weighted by atomic mass is 9.97. The van der Waals surface area contributed by atoms with E-state index in [1.165, 1.54) is 18.5 Å². The number of amides is 2. The van der Waals surface area contributed by atoms with Gasteiger partial charge < -0.3 is 25.4 Å². The van der Waals surface area contributed by atoms with Crippen LogP contribution >= 0.6 is 0 Å². The molecule has 4 heterocycles. The zero-order valence-electron chi connectivity index (χ0n) is 23.5. The van der Waals surface area contributed by atoms with Gasteiger partial charge in [0, 0.05) is 36.7 Å². The summed E-state index contributed by atoms with van der Waals surface area (Å²) in [5, 5.41) is 7.77. The number of anilines is 1. The summed E-state index contributed by atoms with van der Waals surface area (Å²) in [6, 6.07) is 20.6. The van der Waals surface area contributed by atoms with Gasteiger partial charge >= 0.3 is 0 Å². The molecule has 10 nitrogen and oxygen atoms in total. The molecule has 1 unspecified atom stereocenters. The Morgan fingerprint density at radius 2 is 1.79 bits per heavy atom. The number of benzene rings is 2. The van der Waals surface area contributed by atoms with Crippen molar-refractivity contribution in [2.75, 3.05) is 31.2 Å². The number of nitrogens with zero attached hydrogens (tertiary/aromatic N) is 4. The van der Waals surface area contributed by atoms with Gasteiger partial charge in [0.2, 0.25) is 0 Å². The molecule has 1 atom stereocenters. The van der Waals surface area contributed by atoms with Crippen LogP contribution < -0.4 is 16.0 Å². The number of carbonyl (C=O) groups is 2. The third-order valence-electron chi connectivity index (χ3n) is 7.77. The molecule has 2 fully saturated rings. The first-order valence-electron chi connectivity index (χ1n) is 14.2. The first-order valence-corrected chi connectivity index (χ1v) is 14.2. The second kappa shape index (κ2) is 11.8. The van der Waals surface area contributed by atoms with E-state index < -0.39 is 23.6 Å². The smallest absolute Gasteiger partial charge is 0.280 e. The van der Waals surface area contributed by atoms with Crippen LogP contribution in [-0.2, 0) is 20.7 Å². The summed E-state index contributed by atoms with van der Waals surface area (Å²) in [5.74, 6) is -2.67. The van der Waals surface area contributed by atoms with Crippen LogP contribution in [0.1, 0.15) is 34.3 Å². The highest BCUT2D eigenvalue weighted by Crippen LogP contribution is 2.29. The first kappa shape index (κ1) is 27.6. The van der Waals surface area contributed by atoms with E-state index >= 15 is 0 Å². The van der Waals surface area contributed by atoms with Gasteiger partial charge in [-0.2, -0.15) is 5.10 Å². The van der Waals surface area contributed by atoms with Crippen LogP contribution in [0.5, 0.6) is 0 Å². The van der Waals surface area contributed by atoms with E-state index in [0.29, 0.717) is 11.4 Å². The standard InChI is InChI=1S/C32H34N6O4/c1-22-18-26(30(39)35-28(19-23-8-3-2-4-9-23)32(31(33)40)41-16-17-42-32)29(34-21-22)38-15-12-27(36-38)24-10-7-11-25(20-24)37-13-5-6-14-37/h2-4,7-12,15,18,20-21,28H,5-6,13-14,16-17,19H2,1H3,(H2,33,40)(H,35,39). The molecule has 0 bridgehead atoms. The number of nitrogens with one attached hydrogen (secondary N) is 1. The minimum absolute atomic E-state index is 0.191. The Morgan fingerprint density at radius 3 is 2.52 bits per heavy atom. The highest BCUT2D eigenvalue weighted by atomic mass is 16.7. The van der Waals surface area contributed by atoms with Crippen LogP contribution in [0.15, 0.2) is 79.1 Å². The van der Waals surface area contributed by atoms with Crippen molar-refractivity contribution in [1.82, 2.24) is 20.1 Å². The van der Waals surface area contributed by atoms with Gasteiger partial charge in [0.25, 0.3) is 17.6 Å². The number of aromatic nitrogens is 3. The third kappa shape index (κ3) is 5.50. The highest BCUT2D eigenvalue weighted by molar-refractivity contribution is 5.98. The van der Waals surface area contributed by atoms with Gasteiger partial charge in [-0.3, -0.25) is 9.59 Å². The molecular formula is C32H34N6O4. The summed E-state index contributed by atoms with van der Waals surface area (Å²) in [6.45, 7) is 4.36. The quantitative estimate of drug-likeness (QED) is 0.318. The number of hydrogen-bond acceptors (Lipinski definition) is 7. The molecule has 216 valence electrons. The topological polar surface area (TPSA) is 125 Å². The van der Waals surface area contributed by atoms with Crippen molar-refractivity contribution in [3.05, 3.63) is 95.8 Å². The lowest BCUT2D eigenvalue weighted by molar-refractivity contribution is -0.189. The van der Waals surface area contributed by atoms with Gasteiger partial charge in [-0.25, -0.2) is 9.67 Å². The SMILES string of the molecule is Cc1cnc(-n2ccc(-c3cccc(N4CCCC4)c3)n2)c(C(=O)NC(Cc2ccccc2)C2(C(N)=O)OCCO2)c1. The lowest BCUT2D eigenvalue weighted by Gasteiger charge is -2.33. The molecule has 6 rings (SSSR count). The van der Waals surface area contributed by atoms with E-state index in [1.807, 2.05) is 55.5 Å². The lowest BCUT2D eigenvalue weighted by Crippen LogP contribution is -2.61. The average molecular weight is 567 g/mol. The number of primary amides is 1. The normalized spacial score (nSPS) is 16.8. The maximum Gasteiger partial charge on any atom is 0.280 e. The maximum absolute atomic E-state index is 13.9. The fourth-order valence-electron chi connectivity index (χ4n) is 5.65. The predicted molar refractivity (Wildman–Crippen MR) is 158 cm³/mol. The van der Waals surface area contributed by atoms with Crippen LogP contribution in [0.3, 0.4) is 0 Å². The Hall–Kier alpha value is -4.54. The van der Waals surface area contributed by atoms with Crippen LogP contribution in [0.25, 0.3) is 17.1 Å². The average Bonchev–Trinajstić information content (AvgIpc) is 3.80. The molecule has 2 aliphatic rings. The molecule has 2 aliphatic heterocycles. The van der Waals surface area contributed by atoms with E-state index in [1.54, 1.807) is 23.1 Å². The molecule has 2 saturated heterocycles. The molecule has 4 aromatic rings. The number of ether oxygens (including phenoxy) is 2. The van der Waals surface area contributed by atoms with Gasteiger partial charge in [-0.05, 0) is 61.6 Å². The van der Waals surface area contributed by atoms with Crippen molar-refractivity contribution in [3.63, 3.8) is 0 Å². The molecule has 2 aromatic carbocycles. The van der Waals surface area contributed by atoms with Crippen molar-refractivity contribution in [2.45, 2.75) is 38.0 Å². The van der Waals surface area contributed by atoms with E-state index in [4.69, 9.17) is 20.3 Å². The Balaban J connectivity index is 1.31. The minimum atomic E-state index is -1.79. The minimum Gasteiger partial charge on any atom is -0.372 e. The zero-order valence-corrected chi connectivity index (χ0v) is 23.5.